The van der Waals surface area contributed by atoms with Gasteiger partial charge in [-0.05, 0) is 20.3 Å². The Labute approximate surface area is 87.9 Å². The minimum atomic E-state index is -3.98. The van der Waals surface area contributed by atoms with E-state index in [1.807, 2.05) is 0 Å². The van der Waals surface area contributed by atoms with Gasteiger partial charge in [0.15, 0.2) is 4.75 Å². The minimum absolute atomic E-state index is 0.0558. The lowest BCUT2D eigenvalue weighted by Gasteiger charge is -2.26. The Morgan fingerprint density at radius 1 is 1.53 bits per heavy atom. The number of carbonyl (C=O) groups is 1. The van der Waals surface area contributed by atoms with E-state index in [2.05, 4.69) is 0 Å². The van der Waals surface area contributed by atoms with Gasteiger partial charge in [-0.2, -0.15) is 4.31 Å². The molecule has 0 unspecified atom stereocenters. The molecule has 0 saturated carbocycles. The quantitative estimate of drug-likeness (QED) is 0.764. The summed E-state index contributed by atoms with van der Waals surface area (Å²) in [5.41, 5.74) is 0. The zero-order chi connectivity index (χ0) is 11.9. The summed E-state index contributed by atoms with van der Waals surface area (Å²) in [6, 6.07) is 0. The van der Waals surface area contributed by atoms with Crippen LogP contribution in [-0.4, -0.2) is 47.8 Å². The number of hydrogen-bond acceptors (Lipinski definition) is 3. The van der Waals surface area contributed by atoms with Gasteiger partial charge in [-0.25, -0.2) is 12.8 Å². The molecule has 1 rings (SSSR count). The summed E-state index contributed by atoms with van der Waals surface area (Å²) < 4.78 is 35.5. The minimum Gasteiger partial charge on any atom is -0.480 e. The highest BCUT2D eigenvalue weighted by molar-refractivity contribution is 7.91. The molecule has 1 aliphatic heterocycles. The molecule has 0 aliphatic carbocycles. The van der Waals surface area contributed by atoms with Crippen LogP contribution in [0.1, 0.15) is 20.3 Å². The lowest BCUT2D eigenvalue weighted by molar-refractivity contribution is -0.139. The van der Waals surface area contributed by atoms with Crippen molar-refractivity contribution in [3.05, 3.63) is 0 Å². The predicted molar refractivity (Wildman–Crippen MR) is 51.7 cm³/mol. The van der Waals surface area contributed by atoms with Crippen molar-refractivity contribution < 1.29 is 22.7 Å². The molecular formula is C8H14FNO4S. The van der Waals surface area contributed by atoms with Gasteiger partial charge in [0.05, 0.1) is 0 Å². The number of alkyl halides is 1. The molecule has 1 heterocycles. The third-order valence-electron chi connectivity index (χ3n) is 2.59. The summed E-state index contributed by atoms with van der Waals surface area (Å²) in [6.07, 6.45) is -1.06. The van der Waals surface area contributed by atoms with Crippen molar-refractivity contribution in [1.82, 2.24) is 4.31 Å². The zero-order valence-corrected chi connectivity index (χ0v) is 9.42. The van der Waals surface area contributed by atoms with Crippen LogP contribution in [0.2, 0.25) is 0 Å². The van der Waals surface area contributed by atoms with Crippen molar-refractivity contribution in [3.8, 4) is 0 Å². The SMILES string of the molecule is CC(C)(C(=O)O)S(=O)(=O)N1CC[C@@H](F)C1. The van der Waals surface area contributed by atoms with Crippen LogP contribution in [0.4, 0.5) is 4.39 Å². The number of aliphatic carboxylic acids is 1. The van der Waals surface area contributed by atoms with Crippen LogP contribution >= 0.6 is 0 Å². The summed E-state index contributed by atoms with van der Waals surface area (Å²) >= 11 is 0. The first-order valence-electron chi connectivity index (χ1n) is 4.56. The Balaban J connectivity index is 2.98. The van der Waals surface area contributed by atoms with Gasteiger partial charge in [0.2, 0.25) is 10.0 Å². The second kappa shape index (κ2) is 3.71. The monoisotopic (exact) mass is 239 g/mol. The molecule has 0 amide bonds. The predicted octanol–water partition coefficient (Wildman–Crippen LogP) is 0.223. The van der Waals surface area contributed by atoms with Gasteiger partial charge in [0, 0.05) is 13.1 Å². The number of carboxylic acid groups (broad SMARTS) is 1. The van der Waals surface area contributed by atoms with E-state index < -0.39 is 26.9 Å². The molecule has 15 heavy (non-hydrogen) atoms. The van der Waals surface area contributed by atoms with Gasteiger partial charge >= 0.3 is 5.97 Å². The first kappa shape index (κ1) is 12.4. The van der Waals surface area contributed by atoms with Crippen LogP contribution in [0.5, 0.6) is 0 Å². The fourth-order valence-corrected chi connectivity index (χ4v) is 2.91. The first-order valence-corrected chi connectivity index (χ1v) is 6.00. The standard InChI is InChI=1S/C8H14FNO4S/c1-8(2,7(11)12)15(13,14)10-4-3-6(9)5-10/h6H,3-5H2,1-2H3,(H,11,12)/t6-/m1/s1. The molecule has 0 aromatic rings. The van der Waals surface area contributed by atoms with E-state index in [9.17, 15) is 17.6 Å². The molecule has 88 valence electrons. The van der Waals surface area contributed by atoms with Crippen LogP contribution < -0.4 is 0 Å². The normalized spacial score (nSPS) is 24.3. The number of sulfonamides is 1. The van der Waals surface area contributed by atoms with E-state index in [1.54, 1.807) is 0 Å². The molecule has 7 heteroatoms. The van der Waals surface area contributed by atoms with E-state index >= 15 is 0 Å². The van der Waals surface area contributed by atoms with Crippen LogP contribution in [0.3, 0.4) is 0 Å². The van der Waals surface area contributed by atoms with Crippen LogP contribution in [-0.2, 0) is 14.8 Å². The highest BCUT2D eigenvalue weighted by atomic mass is 32.2. The van der Waals surface area contributed by atoms with Crippen molar-refractivity contribution in [2.24, 2.45) is 0 Å². The summed E-state index contributed by atoms with van der Waals surface area (Å²) in [6.45, 7) is 2.03. The lowest BCUT2D eigenvalue weighted by atomic mass is 10.2. The molecule has 0 radical (unpaired) electrons. The second-order valence-corrected chi connectivity index (χ2v) is 6.55. The molecule has 5 nitrogen and oxygen atoms in total. The fourth-order valence-electron chi connectivity index (χ4n) is 1.34. The molecule has 1 N–H and O–H groups in total. The average Bonchev–Trinajstić information content (AvgIpc) is 2.51. The van der Waals surface area contributed by atoms with Gasteiger partial charge < -0.3 is 5.11 Å². The molecule has 1 saturated heterocycles. The van der Waals surface area contributed by atoms with Gasteiger partial charge in [0.1, 0.15) is 6.17 Å². The molecule has 1 atom stereocenters. The van der Waals surface area contributed by atoms with E-state index in [-0.39, 0.29) is 19.5 Å². The topological polar surface area (TPSA) is 74.7 Å². The van der Waals surface area contributed by atoms with Gasteiger partial charge in [-0.1, -0.05) is 0 Å². The molecule has 1 aliphatic rings. The molecule has 0 spiro atoms. The third kappa shape index (κ3) is 1.98. The number of halogens is 1. The highest BCUT2D eigenvalue weighted by Gasteiger charge is 2.47. The Hall–Kier alpha value is -0.690. The van der Waals surface area contributed by atoms with Crippen molar-refractivity contribution in [2.45, 2.75) is 31.2 Å². The van der Waals surface area contributed by atoms with Crippen LogP contribution in [0.15, 0.2) is 0 Å². The Kier molecular flexibility index (Phi) is 3.06. The Morgan fingerprint density at radius 2 is 2.07 bits per heavy atom. The fraction of sp³-hybridized carbons (Fsp3) is 0.875. The van der Waals surface area contributed by atoms with Crippen molar-refractivity contribution in [3.63, 3.8) is 0 Å². The smallest absolute Gasteiger partial charge is 0.325 e. The maximum atomic E-state index is 12.8. The Morgan fingerprint density at radius 3 is 2.40 bits per heavy atom. The average molecular weight is 239 g/mol. The number of hydrogen-bond donors (Lipinski definition) is 1. The third-order valence-corrected chi connectivity index (χ3v) is 5.07. The maximum absolute atomic E-state index is 12.8. The molecule has 0 bridgehead atoms. The van der Waals surface area contributed by atoms with E-state index in [4.69, 9.17) is 5.11 Å². The second-order valence-electron chi connectivity index (χ2n) is 4.06. The van der Waals surface area contributed by atoms with E-state index in [0.29, 0.717) is 0 Å². The lowest BCUT2D eigenvalue weighted by Crippen LogP contribution is -2.48. The van der Waals surface area contributed by atoms with E-state index in [1.165, 1.54) is 0 Å². The van der Waals surface area contributed by atoms with Gasteiger partial charge in [-0.3, -0.25) is 4.79 Å². The van der Waals surface area contributed by atoms with Crippen molar-refractivity contribution >= 4 is 16.0 Å². The largest absolute Gasteiger partial charge is 0.480 e. The number of carboxylic acids is 1. The molecule has 0 aromatic carbocycles. The van der Waals surface area contributed by atoms with Gasteiger partial charge in [0.25, 0.3) is 0 Å². The first-order chi connectivity index (χ1) is 6.69. The van der Waals surface area contributed by atoms with Crippen LogP contribution in [0.25, 0.3) is 0 Å². The summed E-state index contributed by atoms with van der Waals surface area (Å²) in [7, 11) is -3.98. The van der Waals surface area contributed by atoms with Crippen LogP contribution in [0, 0.1) is 0 Å². The highest BCUT2D eigenvalue weighted by Crippen LogP contribution is 2.26. The summed E-state index contributed by atoms with van der Waals surface area (Å²) in [4.78, 5) is 10.8. The zero-order valence-electron chi connectivity index (χ0n) is 8.60. The molecule has 0 aromatic heterocycles. The Bertz CT molecular complexity index is 365. The molecular weight excluding hydrogens is 225 g/mol. The summed E-state index contributed by atoms with van der Waals surface area (Å²) in [5.74, 6) is -1.43. The van der Waals surface area contributed by atoms with E-state index in [0.717, 1.165) is 18.2 Å². The number of nitrogens with zero attached hydrogens (tertiary/aromatic N) is 1. The van der Waals surface area contributed by atoms with Crippen molar-refractivity contribution in [1.29, 1.82) is 0 Å². The molecule has 1 fully saturated rings. The summed E-state index contributed by atoms with van der Waals surface area (Å²) in [5, 5.41) is 8.80. The maximum Gasteiger partial charge on any atom is 0.325 e. The van der Waals surface area contributed by atoms with Crippen molar-refractivity contribution in [2.75, 3.05) is 13.1 Å². The van der Waals surface area contributed by atoms with Gasteiger partial charge in [-0.15, -0.1) is 0 Å². The number of rotatable bonds is 3.